The Kier molecular flexibility index (Phi) is 3.20. The predicted molar refractivity (Wildman–Crippen MR) is 53.7 cm³/mol. The van der Waals surface area contributed by atoms with Crippen molar-refractivity contribution in [2.75, 3.05) is 0 Å². The monoisotopic (exact) mass is 200 g/mol. The molecular formula is C11H20O3. The number of hydrogen-bond acceptors (Lipinski definition) is 3. The van der Waals surface area contributed by atoms with Gasteiger partial charge in [0.1, 0.15) is 6.10 Å². The summed E-state index contributed by atoms with van der Waals surface area (Å²) in [7, 11) is 0. The highest BCUT2D eigenvalue weighted by molar-refractivity contribution is 5.80. The lowest BCUT2D eigenvalue weighted by atomic mass is 9.89. The normalized spacial score (nSPS) is 34.7. The fourth-order valence-electron chi connectivity index (χ4n) is 1.66. The highest BCUT2D eigenvalue weighted by Gasteiger charge is 2.43. The molecule has 1 aliphatic heterocycles. The number of cyclic esters (lactones) is 1. The first-order chi connectivity index (χ1) is 6.33. The van der Waals surface area contributed by atoms with E-state index in [1.54, 1.807) is 0 Å². The van der Waals surface area contributed by atoms with Gasteiger partial charge >= 0.3 is 5.97 Å². The summed E-state index contributed by atoms with van der Waals surface area (Å²) in [5.41, 5.74) is -1.26. The quantitative estimate of drug-likeness (QED) is 0.706. The predicted octanol–water partition coefficient (Wildman–Crippen LogP) is 1.74. The second-order valence-corrected chi connectivity index (χ2v) is 4.96. The molecule has 0 saturated carbocycles. The van der Waals surface area contributed by atoms with Gasteiger partial charge in [-0.05, 0) is 25.2 Å². The van der Waals surface area contributed by atoms with E-state index in [0.29, 0.717) is 18.3 Å². The Morgan fingerprint density at radius 3 is 2.50 bits per heavy atom. The van der Waals surface area contributed by atoms with Gasteiger partial charge in [0, 0.05) is 6.42 Å². The van der Waals surface area contributed by atoms with Crippen LogP contribution in [0.5, 0.6) is 0 Å². The third-order valence-corrected chi connectivity index (χ3v) is 3.11. The molecule has 14 heavy (non-hydrogen) atoms. The number of aliphatic hydroxyl groups is 1. The standard InChI is InChI=1S/C11H20O3/c1-7(2)8(3)5-9-6-11(4,13)10(12)14-9/h7-9,13H,5-6H2,1-4H3/t8-,9+,11-/m1/s1. The molecule has 0 aliphatic carbocycles. The summed E-state index contributed by atoms with van der Waals surface area (Å²) in [5, 5.41) is 9.61. The molecule has 0 amide bonds. The molecule has 0 bridgehead atoms. The van der Waals surface area contributed by atoms with Crippen LogP contribution in [0.3, 0.4) is 0 Å². The summed E-state index contributed by atoms with van der Waals surface area (Å²) in [6, 6.07) is 0. The van der Waals surface area contributed by atoms with Gasteiger partial charge in [-0.2, -0.15) is 0 Å². The molecule has 3 nitrogen and oxygen atoms in total. The van der Waals surface area contributed by atoms with Crippen LogP contribution in [0.4, 0.5) is 0 Å². The Morgan fingerprint density at radius 2 is 2.14 bits per heavy atom. The van der Waals surface area contributed by atoms with Crippen LogP contribution in [0.15, 0.2) is 0 Å². The molecule has 0 aromatic rings. The van der Waals surface area contributed by atoms with Gasteiger partial charge in [0.15, 0.2) is 5.60 Å². The van der Waals surface area contributed by atoms with E-state index in [1.807, 2.05) is 0 Å². The molecule has 0 unspecified atom stereocenters. The smallest absolute Gasteiger partial charge is 0.338 e. The van der Waals surface area contributed by atoms with Crippen LogP contribution in [0.2, 0.25) is 0 Å². The van der Waals surface area contributed by atoms with E-state index < -0.39 is 11.6 Å². The zero-order valence-electron chi connectivity index (χ0n) is 9.41. The summed E-state index contributed by atoms with van der Waals surface area (Å²) in [5.74, 6) is 0.624. The molecule has 3 heteroatoms. The Labute approximate surface area is 85.5 Å². The molecule has 0 spiro atoms. The molecule has 1 saturated heterocycles. The van der Waals surface area contributed by atoms with Crippen LogP contribution in [-0.2, 0) is 9.53 Å². The molecular weight excluding hydrogens is 180 g/mol. The van der Waals surface area contributed by atoms with Crippen molar-refractivity contribution in [3.05, 3.63) is 0 Å². The minimum Gasteiger partial charge on any atom is -0.460 e. The first kappa shape index (κ1) is 11.5. The highest BCUT2D eigenvalue weighted by Crippen LogP contribution is 2.30. The van der Waals surface area contributed by atoms with E-state index in [9.17, 15) is 9.90 Å². The summed E-state index contributed by atoms with van der Waals surface area (Å²) < 4.78 is 5.11. The van der Waals surface area contributed by atoms with E-state index in [2.05, 4.69) is 20.8 Å². The number of hydrogen-bond donors (Lipinski definition) is 1. The van der Waals surface area contributed by atoms with Crippen LogP contribution >= 0.6 is 0 Å². The maximum Gasteiger partial charge on any atom is 0.338 e. The van der Waals surface area contributed by atoms with Gasteiger partial charge in [-0.15, -0.1) is 0 Å². The molecule has 0 aromatic carbocycles. The van der Waals surface area contributed by atoms with Crippen molar-refractivity contribution >= 4 is 5.97 Å². The fraction of sp³-hybridized carbons (Fsp3) is 0.909. The first-order valence-electron chi connectivity index (χ1n) is 5.26. The van der Waals surface area contributed by atoms with Gasteiger partial charge in [0.05, 0.1) is 0 Å². The van der Waals surface area contributed by atoms with E-state index in [0.717, 1.165) is 6.42 Å². The zero-order chi connectivity index (χ0) is 10.9. The highest BCUT2D eigenvalue weighted by atomic mass is 16.6. The third-order valence-electron chi connectivity index (χ3n) is 3.11. The lowest BCUT2D eigenvalue weighted by molar-refractivity contribution is -0.154. The number of ether oxygens (including phenoxy) is 1. The lowest BCUT2D eigenvalue weighted by Gasteiger charge is -2.18. The van der Waals surface area contributed by atoms with Crippen LogP contribution in [0.25, 0.3) is 0 Å². The molecule has 1 N–H and O–H groups in total. The topological polar surface area (TPSA) is 46.5 Å². The molecule has 1 aliphatic rings. The Bertz CT molecular complexity index is 221. The summed E-state index contributed by atoms with van der Waals surface area (Å²) in [6.07, 6.45) is 1.18. The molecule has 3 atom stereocenters. The minimum absolute atomic E-state index is 0.102. The van der Waals surface area contributed by atoms with Crippen LogP contribution in [-0.4, -0.2) is 22.8 Å². The van der Waals surface area contributed by atoms with Crippen LogP contribution in [0, 0.1) is 11.8 Å². The van der Waals surface area contributed by atoms with Gasteiger partial charge in [0.2, 0.25) is 0 Å². The van der Waals surface area contributed by atoms with Crippen molar-refractivity contribution in [1.29, 1.82) is 0 Å². The average molecular weight is 200 g/mol. The summed E-state index contributed by atoms with van der Waals surface area (Å²) in [6.45, 7) is 7.97. The SMILES string of the molecule is CC(C)[C@H](C)C[C@H]1C[C@@](C)(O)C(=O)O1. The van der Waals surface area contributed by atoms with E-state index in [1.165, 1.54) is 6.92 Å². The van der Waals surface area contributed by atoms with E-state index in [-0.39, 0.29) is 6.10 Å². The van der Waals surface area contributed by atoms with Crippen molar-refractivity contribution < 1.29 is 14.6 Å². The van der Waals surface area contributed by atoms with E-state index in [4.69, 9.17) is 4.74 Å². The number of carbonyl (C=O) groups excluding carboxylic acids is 1. The Hall–Kier alpha value is -0.570. The van der Waals surface area contributed by atoms with Gasteiger partial charge in [-0.1, -0.05) is 20.8 Å². The van der Waals surface area contributed by atoms with Crippen LogP contribution in [0.1, 0.15) is 40.5 Å². The molecule has 1 fully saturated rings. The molecule has 1 rings (SSSR count). The summed E-state index contributed by atoms with van der Waals surface area (Å²) >= 11 is 0. The van der Waals surface area contributed by atoms with Crippen molar-refractivity contribution in [2.24, 2.45) is 11.8 Å². The van der Waals surface area contributed by atoms with Crippen molar-refractivity contribution in [2.45, 2.75) is 52.2 Å². The van der Waals surface area contributed by atoms with Crippen molar-refractivity contribution in [3.8, 4) is 0 Å². The number of rotatable bonds is 3. The maximum atomic E-state index is 11.2. The molecule has 82 valence electrons. The first-order valence-corrected chi connectivity index (χ1v) is 5.26. The van der Waals surface area contributed by atoms with E-state index >= 15 is 0 Å². The van der Waals surface area contributed by atoms with Crippen molar-refractivity contribution in [3.63, 3.8) is 0 Å². The minimum atomic E-state index is -1.26. The molecule has 0 aromatic heterocycles. The number of carbonyl (C=O) groups is 1. The zero-order valence-corrected chi connectivity index (χ0v) is 9.41. The van der Waals surface area contributed by atoms with Gasteiger partial charge < -0.3 is 9.84 Å². The Morgan fingerprint density at radius 1 is 1.57 bits per heavy atom. The maximum absolute atomic E-state index is 11.2. The number of esters is 1. The van der Waals surface area contributed by atoms with Gasteiger partial charge in [-0.3, -0.25) is 0 Å². The Balaban J connectivity index is 2.47. The van der Waals surface area contributed by atoms with Gasteiger partial charge in [-0.25, -0.2) is 4.79 Å². The lowest BCUT2D eigenvalue weighted by Crippen LogP contribution is -2.29. The second kappa shape index (κ2) is 3.89. The third kappa shape index (κ3) is 2.47. The van der Waals surface area contributed by atoms with Gasteiger partial charge in [0.25, 0.3) is 0 Å². The molecule has 0 radical (unpaired) electrons. The summed E-state index contributed by atoms with van der Waals surface area (Å²) in [4.78, 5) is 11.2. The second-order valence-electron chi connectivity index (χ2n) is 4.96. The van der Waals surface area contributed by atoms with Crippen LogP contribution < -0.4 is 0 Å². The fourth-order valence-corrected chi connectivity index (χ4v) is 1.66. The largest absolute Gasteiger partial charge is 0.460 e. The van der Waals surface area contributed by atoms with Crippen molar-refractivity contribution in [1.82, 2.24) is 0 Å². The average Bonchev–Trinajstić information content (AvgIpc) is 2.25. The molecule has 1 heterocycles.